The van der Waals surface area contributed by atoms with Crippen LogP contribution in [0.3, 0.4) is 0 Å². The van der Waals surface area contributed by atoms with E-state index in [1.807, 2.05) is 47.4 Å². The van der Waals surface area contributed by atoms with Gasteiger partial charge in [0.2, 0.25) is 0 Å². The molecule has 0 radical (unpaired) electrons. The van der Waals surface area contributed by atoms with Gasteiger partial charge in [-0.1, -0.05) is 18.2 Å². The number of amides is 2. The maximum Gasteiger partial charge on any atom is 0.270 e. The van der Waals surface area contributed by atoms with Gasteiger partial charge in [0.1, 0.15) is 5.69 Å². The van der Waals surface area contributed by atoms with Crippen molar-refractivity contribution in [1.82, 2.24) is 24.7 Å². The zero-order valence-corrected chi connectivity index (χ0v) is 15.8. The van der Waals surface area contributed by atoms with Gasteiger partial charge in [-0.05, 0) is 42.9 Å². The Bertz CT molecular complexity index is 987. The third kappa shape index (κ3) is 3.75. The van der Waals surface area contributed by atoms with E-state index >= 15 is 0 Å². The Morgan fingerprint density at radius 1 is 1.00 bits per heavy atom. The van der Waals surface area contributed by atoms with Crippen LogP contribution in [-0.4, -0.2) is 64.5 Å². The fourth-order valence-electron chi connectivity index (χ4n) is 3.35. The van der Waals surface area contributed by atoms with Gasteiger partial charge >= 0.3 is 0 Å². The molecule has 0 bridgehead atoms. The molecule has 1 aromatic carbocycles. The van der Waals surface area contributed by atoms with Crippen molar-refractivity contribution in [2.24, 2.45) is 0 Å². The van der Waals surface area contributed by atoms with Crippen LogP contribution in [0.15, 0.2) is 54.7 Å². The molecule has 0 aliphatic carbocycles. The minimum atomic E-state index is -0.188. The molecule has 1 saturated heterocycles. The fraction of sp³-hybridized carbons (Fsp3) is 0.286. The lowest BCUT2D eigenvalue weighted by Crippen LogP contribution is -2.47. The Balaban J connectivity index is 1.37. The minimum absolute atomic E-state index is 0.0639. The van der Waals surface area contributed by atoms with Gasteiger partial charge in [-0.15, -0.1) is 0 Å². The van der Waals surface area contributed by atoms with E-state index in [4.69, 9.17) is 0 Å². The van der Waals surface area contributed by atoms with Gasteiger partial charge in [0.05, 0.1) is 11.7 Å². The van der Waals surface area contributed by atoms with Gasteiger partial charge < -0.3 is 15.1 Å². The zero-order valence-electron chi connectivity index (χ0n) is 15.8. The predicted molar refractivity (Wildman–Crippen MR) is 106 cm³/mol. The van der Waals surface area contributed by atoms with E-state index in [1.54, 1.807) is 16.8 Å². The molecule has 7 heteroatoms. The van der Waals surface area contributed by atoms with E-state index in [0.29, 0.717) is 17.8 Å². The molecule has 1 N–H and O–H groups in total. The van der Waals surface area contributed by atoms with Crippen LogP contribution in [0.25, 0.3) is 5.52 Å². The fourth-order valence-corrected chi connectivity index (χ4v) is 3.35. The van der Waals surface area contributed by atoms with Crippen molar-refractivity contribution in [2.45, 2.75) is 6.54 Å². The molecule has 1 fully saturated rings. The number of hydrogen-bond acceptors (Lipinski definition) is 4. The summed E-state index contributed by atoms with van der Waals surface area (Å²) in [6.07, 6.45) is 1.67. The highest BCUT2D eigenvalue weighted by Crippen LogP contribution is 2.11. The molecule has 0 saturated carbocycles. The molecule has 2 amide bonds. The second kappa shape index (κ2) is 7.82. The largest absolute Gasteiger partial charge is 0.347 e. The summed E-state index contributed by atoms with van der Waals surface area (Å²) in [6, 6.07) is 14.8. The Hall–Kier alpha value is -3.19. The van der Waals surface area contributed by atoms with Crippen molar-refractivity contribution in [2.75, 3.05) is 33.2 Å². The summed E-state index contributed by atoms with van der Waals surface area (Å²) in [4.78, 5) is 29.2. The number of carbonyl (C=O) groups excluding carboxylic acids is 2. The monoisotopic (exact) mass is 377 g/mol. The molecule has 2 aromatic heterocycles. The SMILES string of the molecule is CN1CCN(C(=O)c2ccc(CNC(=O)c3cccc4ccnn34)cc2)CC1. The van der Waals surface area contributed by atoms with Crippen LogP contribution in [0.1, 0.15) is 26.4 Å². The third-order valence-corrected chi connectivity index (χ3v) is 5.10. The summed E-state index contributed by atoms with van der Waals surface area (Å²) in [5.74, 6) is -0.124. The molecular weight excluding hydrogens is 354 g/mol. The Morgan fingerprint density at radius 3 is 2.50 bits per heavy atom. The second-order valence-corrected chi connectivity index (χ2v) is 7.05. The van der Waals surface area contributed by atoms with Crippen molar-refractivity contribution < 1.29 is 9.59 Å². The first-order valence-corrected chi connectivity index (χ1v) is 9.39. The van der Waals surface area contributed by atoms with E-state index < -0.39 is 0 Å². The lowest BCUT2D eigenvalue weighted by atomic mass is 10.1. The lowest BCUT2D eigenvalue weighted by molar-refractivity contribution is 0.0664. The number of nitrogens with one attached hydrogen (secondary N) is 1. The highest BCUT2D eigenvalue weighted by Gasteiger charge is 2.20. The summed E-state index contributed by atoms with van der Waals surface area (Å²) < 4.78 is 1.62. The van der Waals surface area contributed by atoms with Crippen LogP contribution in [0.5, 0.6) is 0 Å². The summed E-state index contributed by atoms with van der Waals surface area (Å²) >= 11 is 0. The Morgan fingerprint density at radius 2 is 1.75 bits per heavy atom. The summed E-state index contributed by atoms with van der Waals surface area (Å²) in [5, 5.41) is 7.10. The summed E-state index contributed by atoms with van der Waals surface area (Å²) in [7, 11) is 2.07. The Kier molecular flexibility index (Phi) is 5.08. The van der Waals surface area contributed by atoms with E-state index in [1.165, 1.54) is 0 Å². The van der Waals surface area contributed by atoms with E-state index in [-0.39, 0.29) is 11.8 Å². The first-order valence-electron chi connectivity index (χ1n) is 9.39. The summed E-state index contributed by atoms with van der Waals surface area (Å²) in [5.41, 5.74) is 2.99. The van der Waals surface area contributed by atoms with Crippen LogP contribution in [-0.2, 0) is 6.54 Å². The first kappa shape index (κ1) is 18.2. The number of rotatable bonds is 4. The van der Waals surface area contributed by atoms with Crippen LogP contribution in [0.4, 0.5) is 0 Å². The highest BCUT2D eigenvalue weighted by molar-refractivity contribution is 5.94. The van der Waals surface area contributed by atoms with Gasteiger partial charge in [0, 0.05) is 38.3 Å². The number of benzene rings is 1. The number of fused-ring (bicyclic) bond motifs is 1. The Labute approximate surface area is 163 Å². The number of likely N-dealkylation sites (N-methyl/N-ethyl adjacent to an activating group) is 1. The van der Waals surface area contributed by atoms with Crippen LogP contribution in [0.2, 0.25) is 0 Å². The predicted octanol–water partition coefficient (Wildman–Crippen LogP) is 1.65. The number of hydrogen-bond donors (Lipinski definition) is 1. The minimum Gasteiger partial charge on any atom is -0.347 e. The maximum absolute atomic E-state index is 12.6. The summed E-state index contributed by atoms with van der Waals surface area (Å²) in [6.45, 7) is 3.70. The molecule has 28 heavy (non-hydrogen) atoms. The van der Waals surface area contributed by atoms with Crippen molar-refractivity contribution in [3.05, 3.63) is 71.5 Å². The number of carbonyl (C=O) groups is 2. The van der Waals surface area contributed by atoms with Gasteiger partial charge in [-0.25, -0.2) is 4.52 Å². The topological polar surface area (TPSA) is 69.9 Å². The number of aromatic nitrogens is 2. The number of piperazine rings is 1. The van der Waals surface area contributed by atoms with E-state index in [9.17, 15) is 9.59 Å². The molecular formula is C21H23N5O2. The van der Waals surface area contributed by atoms with Crippen LogP contribution in [0, 0.1) is 0 Å². The lowest BCUT2D eigenvalue weighted by Gasteiger charge is -2.32. The zero-order chi connectivity index (χ0) is 19.5. The van der Waals surface area contributed by atoms with Gasteiger partial charge in [0.25, 0.3) is 11.8 Å². The number of nitrogens with zero attached hydrogens (tertiary/aromatic N) is 4. The molecule has 4 rings (SSSR count). The molecule has 0 unspecified atom stereocenters. The molecule has 0 spiro atoms. The average Bonchev–Trinajstić information content (AvgIpc) is 3.21. The van der Waals surface area contributed by atoms with Gasteiger partial charge in [-0.2, -0.15) is 5.10 Å². The second-order valence-electron chi connectivity index (χ2n) is 7.05. The van der Waals surface area contributed by atoms with Crippen LogP contribution >= 0.6 is 0 Å². The van der Waals surface area contributed by atoms with Gasteiger partial charge in [-0.3, -0.25) is 9.59 Å². The normalized spacial score (nSPS) is 15.0. The molecule has 1 aliphatic rings. The van der Waals surface area contributed by atoms with Crippen LogP contribution < -0.4 is 5.32 Å². The van der Waals surface area contributed by atoms with Crippen molar-refractivity contribution in [3.8, 4) is 0 Å². The quantitative estimate of drug-likeness (QED) is 0.751. The molecule has 3 aromatic rings. The molecule has 0 atom stereocenters. The molecule has 7 nitrogen and oxygen atoms in total. The van der Waals surface area contributed by atoms with Gasteiger partial charge in [0.15, 0.2) is 0 Å². The molecule has 1 aliphatic heterocycles. The van der Waals surface area contributed by atoms with Crippen molar-refractivity contribution in [3.63, 3.8) is 0 Å². The number of pyridine rings is 1. The van der Waals surface area contributed by atoms with Crippen molar-refractivity contribution >= 4 is 17.3 Å². The average molecular weight is 377 g/mol. The van der Waals surface area contributed by atoms with Crippen molar-refractivity contribution in [1.29, 1.82) is 0 Å². The molecule has 144 valence electrons. The maximum atomic E-state index is 12.6. The van der Waals surface area contributed by atoms with E-state index in [0.717, 1.165) is 37.3 Å². The smallest absolute Gasteiger partial charge is 0.270 e. The molecule has 3 heterocycles. The first-order chi connectivity index (χ1) is 13.6. The standard InChI is InChI=1S/C21H23N5O2/c1-24-11-13-25(14-12-24)21(28)17-7-5-16(6-8-17)15-22-20(27)19-4-2-3-18-9-10-23-26(18)19/h2-10H,11-15H2,1H3,(H,22,27). The third-order valence-electron chi connectivity index (χ3n) is 5.10. The van der Waals surface area contributed by atoms with E-state index in [2.05, 4.69) is 22.4 Å². The highest BCUT2D eigenvalue weighted by atomic mass is 16.2.